The van der Waals surface area contributed by atoms with Crippen LogP contribution in [0.1, 0.15) is 33.6 Å². The van der Waals surface area contributed by atoms with Gasteiger partial charge in [0, 0.05) is 6.54 Å². The van der Waals surface area contributed by atoms with Crippen LogP contribution in [0.3, 0.4) is 0 Å². The SMILES string of the molecule is CC(C)(C)C(N)C(=O)N1CCC[C@H]1B(O)O. The Balaban J connectivity index is 2.74. The quantitative estimate of drug-likeness (QED) is 0.549. The zero-order valence-electron chi connectivity index (χ0n) is 10.2. The maximum atomic E-state index is 12.1. The molecule has 0 saturated carbocycles. The molecule has 0 aromatic rings. The molecule has 0 bridgehead atoms. The van der Waals surface area contributed by atoms with Crippen LogP contribution in [0.2, 0.25) is 0 Å². The van der Waals surface area contributed by atoms with Crippen molar-refractivity contribution in [3.63, 3.8) is 0 Å². The van der Waals surface area contributed by atoms with Crippen LogP contribution in [0.4, 0.5) is 0 Å². The lowest BCUT2D eigenvalue weighted by Gasteiger charge is -2.32. The molecule has 1 heterocycles. The van der Waals surface area contributed by atoms with Gasteiger partial charge in [-0.15, -0.1) is 0 Å². The first kappa shape index (κ1) is 13.5. The molecule has 2 atom stereocenters. The van der Waals surface area contributed by atoms with E-state index in [1.807, 2.05) is 20.8 Å². The van der Waals surface area contributed by atoms with Gasteiger partial charge in [0.25, 0.3) is 0 Å². The van der Waals surface area contributed by atoms with Crippen LogP contribution >= 0.6 is 0 Å². The monoisotopic (exact) mass is 228 g/mol. The third-order valence-corrected chi connectivity index (χ3v) is 3.13. The summed E-state index contributed by atoms with van der Waals surface area (Å²) in [5.74, 6) is -0.691. The van der Waals surface area contributed by atoms with Crippen LogP contribution in [0, 0.1) is 5.41 Å². The van der Waals surface area contributed by atoms with E-state index in [4.69, 9.17) is 5.73 Å². The van der Waals surface area contributed by atoms with E-state index in [0.29, 0.717) is 13.0 Å². The van der Waals surface area contributed by atoms with Gasteiger partial charge >= 0.3 is 7.12 Å². The van der Waals surface area contributed by atoms with Gasteiger partial charge in [-0.1, -0.05) is 20.8 Å². The van der Waals surface area contributed by atoms with E-state index >= 15 is 0 Å². The molecule has 1 fully saturated rings. The molecule has 0 aromatic carbocycles. The standard InChI is InChI=1S/C10H21BN2O3/c1-10(2,3)8(12)9(14)13-6-4-5-7(13)11(15)16/h7-8,15-16H,4-6,12H2,1-3H3/t7-,8?/m0/s1. The molecule has 0 aliphatic carbocycles. The summed E-state index contributed by atoms with van der Waals surface area (Å²) in [7, 11) is -1.47. The minimum atomic E-state index is -1.47. The third-order valence-electron chi connectivity index (χ3n) is 3.13. The lowest BCUT2D eigenvalue weighted by Crippen LogP contribution is -2.55. The predicted molar refractivity (Wildman–Crippen MR) is 62.4 cm³/mol. The number of hydrogen-bond acceptors (Lipinski definition) is 4. The van der Waals surface area contributed by atoms with Crippen molar-refractivity contribution in [2.24, 2.45) is 11.1 Å². The van der Waals surface area contributed by atoms with Crippen molar-refractivity contribution in [2.45, 2.75) is 45.6 Å². The van der Waals surface area contributed by atoms with Crippen LogP contribution < -0.4 is 5.73 Å². The number of rotatable bonds is 2. The molecule has 0 spiro atoms. The summed E-state index contributed by atoms with van der Waals surface area (Å²) in [5, 5.41) is 18.4. The molecular formula is C10H21BN2O3. The fourth-order valence-corrected chi connectivity index (χ4v) is 1.93. The summed E-state index contributed by atoms with van der Waals surface area (Å²) in [6.07, 6.45) is 1.42. The molecule has 1 amide bonds. The number of amides is 1. The fourth-order valence-electron chi connectivity index (χ4n) is 1.93. The van der Waals surface area contributed by atoms with Gasteiger partial charge in [0.15, 0.2) is 0 Å². The maximum Gasteiger partial charge on any atom is 0.475 e. The van der Waals surface area contributed by atoms with E-state index in [-0.39, 0.29) is 11.3 Å². The highest BCUT2D eigenvalue weighted by Gasteiger charge is 2.40. The zero-order chi connectivity index (χ0) is 12.5. The Hall–Kier alpha value is -0.585. The Morgan fingerprint density at radius 1 is 1.50 bits per heavy atom. The van der Waals surface area contributed by atoms with Gasteiger partial charge in [-0.3, -0.25) is 4.79 Å². The minimum absolute atomic E-state index is 0.192. The van der Waals surface area contributed by atoms with Crippen molar-refractivity contribution in [3.8, 4) is 0 Å². The normalized spacial score (nSPS) is 23.4. The Bertz CT molecular complexity index is 265. The molecular weight excluding hydrogens is 207 g/mol. The third kappa shape index (κ3) is 2.75. The summed E-state index contributed by atoms with van der Waals surface area (Å²) in [5.41, 5.74) is 5.57. The van der Waals surface area contributed by atoms with Gasteiger partial charge in [-0.2, -0.15) is 0 Å². The summed E-state index contributed by atoms with van der Waals surface area (Å²) in [6.45, 7) is 6.26. The Morgan fingerprint density at radius 3 is 2.50 bits per heavy atom. The van der Waals surface area contributed by atoms with E-state index in [0.717, 1.165) is 6.42 Å². The Labute approximate surface area is 96.8 Å². The van der Waals surface area contributed by atoms with Crippen molar-refractivity contribution < 1.29 is 14.8 Å². The van der Waals surface area contributed by atoms with Crippen LogP contribution in [-0.2, 0) is 4.79 Å². The maximum absolute atomic E-state index is 12.1. The molecule has 5 nitrogen and oxygen atoms in total. The van der Waals surface area contributed by atoms with Gasteiger partial charge in [0.1, 0.15) is 0 Å². The van der Waals surface area contributed by atoms with Crippen LogP contribution in [0.15, 0.2) is 0 Å². The van der Waals surface area contributed by atoms with E-state index in [2.05, 4.69) is 0 Å². The number of nitrogens with zero attached hydrogens (tertiary/aromatic N) is 1. The van der Waals surface area contributed by atoms with Crippen molar-refractivity contribution in [1.29, 1.82) is 0 Å². The highest BCUT2D eigenvalue weighted by atomic mass is 16.4. The largest absolute Gasteiger partial charge is 0.475 e. The molecule has 0 radical (unpaired) electrons. The summed E-state index contributed by atoms with van der Waals surface area (Å²) >= 11 is 0. The molecule has 1 saturated heterocycles. The second-order valence-corrected chi connectivity index (χ2v) is 5.50. The Morgan fingerprint density at radius 2 is 2.06 bits per heavy atom. The molecule has 4 N–H and O–H groups in total. The molecule has 16 heavy (non-hydrogen) atoms. The first-order valence-corrected chi connectivity index (χ1v) is 5.67. The number of carbonyl (C=O) groups excluding carboxylic acids is 1. The number of nitrogens with two attached hydrogens (primary N) is 1. The van der Waals surface area contributed by atoms with Crippen LogP contribution in [-0.4, -0.2) is 46.5 Å². The van der Waals surface area contributed by atoms with Gasteiger partial charge in [-0.25, -0.2) is 0 Å². The van der Waals surface area contributed by atoms with Gasteiger partial charge in [0.2, 0.25) is 5.91 Å². The lowest BCUT2D eigenvalue weighted by atomic mass is 9.77. The molecule has 6 heteroatoms. The van der Waals surface area contributed by atoms with Crippen molar-refractivity contribution in [3.05, 3.63) is 0 Å². The van der Waals surface area contributed by atoms with Crippen LogP contribution in [0.25, 0.3) is 0 Å². The topological polar surface area (TPSA) is 86.8 Å². The van der Waals surface area contributed by atoms with E-state index in [1.165, 1.54) is 4.90 Å². The van der Waals surface area contributed by atoms with Crippen molar-refractivity contribution in [2.75, 3.05) is 6.54 Å². The van der Waals surface area contributed by atoms with E-state index < -0.39 is 19.1 Å². The number of likely N-dealkylation sites (tertiary alicyclic amines) is 1. The summed E-state index contributed by atoms with van der Waals surface area (Å²) < 4.78 is 0. The lowest BCUT2D eigenvalue weighted by molar-refractivity contribution is -0.134. The zero-order valence-corrected chi connectivity index (χ0v) is 10.2. The molecule has 1 unspecified atom stereocenters. The predicted octanol–water partition coefficient (Wildman–Crippen LogP) is -0.637. The average molecular weight is 228 g/mol. The smallest absolute Gasteiger partial charge is 0.426 e. The molecule has 1 aliphatic rings. The second kappa shape index (κ2) is 4.73. The first-order chi connectivity index (χ1) is 7.25. The molecule has 0 aromatic heterocycles. The van der Waals surface area contributed by atoms with E-state index in [9.17, 15) is 14.8 Å². The molecule has 92 valence electrons. The average Bonchev–Trinajstić information content (AvgIpc) is 2.62. The highest BCUT2D eigenvalue weighted by molar-refractivity contribution is 6.43. The first-order valence-electron chi connectivity index (χ1n) is 5.67. The fraction of sp³-hybridized carbons (Fsp3) is 0.900. The van der Waals surface area contributed by atoms with Crippen molar-refractivity contribution >= 4 is 13.0 Å². The highest BCUT2D eigenvalue weighted by Crippen LogP contribution is 2.24. The number of carbonyl (C=O) groups is 1. The molecule has 1 rings (SSSR count). The van der Waals surface area contributed by atoms with Gasteiger partial charge < -0.3 is 20.7 Å². The minimum Gasteiger partial charge on any atom is -0.426 e. The van der Waals surface area contributed by atoms with Gasteiger partial charge in [-0.05, 0) is 18.3 Å². The Kier molecular flexibility index (Phi) is 3.99. The van der Waals surface area contributed by atoms with E-state index in [1.54, 1.807) is 0 Å². The van der Waals surface area contributed by atoms with Gasteiger partial charge in [0.05, 0.1) is 12.0 Å². The number of hydrogen-bond donors (Lipinski definition) is 3. The second-order valence-electron chi connectivity index (χ2n) is 5.50. The van der Waals surface area contributed by atoms with Crippen molar-refractivity contribution in [1.82, 2.24) is 4.90 Å². The van der Waals surface area contributed by atoms with Crippen LogP contribution in [0.5, 0.6) is 0 Å². The molecule has 1 aliphatic heterocycles. The summed E-state index contributed by atoms with van der Waals surface area (Å²) in [4.78, 5) is 13.6. The summed E-state index contributed by atoms with van der Waals surface area (Å²) in [6, 6.07) is -0.605.